The molecule has 0 amide bonds. The summed E-state index contributed by atoms with van der Waals surface area (Å²) in [6, 6.07) is 4.59. The third-order valence-corrected chi connectivity index (χ3v) is 1.43. The molecule has 1 N–H and O–H groups in total. The predicted octanol–water partition coefficient (Wildman–Crippen LogP) is 0.960. The second-order valence-electron chi connectivity index (χ2n) is 2.25. The molecule has 1 aromatic rings. The topological polar surface area (TPSA) is 74.0 Å². The first-order valence-electron chi connectivity index (χ1n) is 3.26. The molecule has 60 valence electrons. The number of aryl methyl sites for hydroxylation is 1. The number of nitrogens with zero attached hydrogens (tertiary/aromatic N) is 2. The highest BCUT2D eigenvalue weighted by molar-refractivity contribution is 5.88. The Bertz CT molecular complexity index is 366. The second-order valence-corrected chi connectivity index (χ2v) is 2.25. The fourth-order valence-electron chi connectivity index (χ4n) is 0.849. The van der Waals surface area contributed by atoms with E-state index in [1.54, 1.807) is 6.92 Å². The quantitative estimate of drug-likeness (QED) is 0.667. The Balaban J connectivity index is 3.23. The standard InChI is InChI=1S/C8H6N2O2/c1-5-7(8(11)12)3-2-6(4-9)10-5/h2-3H,1H3,(H,11,12). The van der Waals surface area contributed by atoms with E-state index in [2.05, 4.69) is 4.98 Å². The lowest BCUT2D eigenvalue weighted by Gasteiger charge is -1.97. The van der Waals surface area contributed by atoms with Gasteiger partial charge in [-0.3, -0.25) is 0 Å². The first-order chi connectivity index (χ1) is 5.65. The summed E-state index contributed by atoms with van der Waals surface area (Å²) >= 11 is 0. The highest BCUT2D eigenvalue weighted by atomic mass is 16.4. The number of carboxylic acid groups (broad SMARTS) is 1. The minimum atomic E-state index is -1.02. The Labute approximate surface area is 69.1 Å². The first-order valence-corrected chi connectivity index (χ1v) is 3.26. The van der Waals surface area contributed by atoms with E-state index in [1.165, 1.54) is 12.1 Å². The summed E-state index contributed by atoms with van der Waals surface area (Å²) in [5.41, 5.74) is 0.730. The predicted molar refractivity (Wildman–Crippen MR) is 40.6 cm³/mol. The number of aromatic nitrogens is 1. The van der Waals surface area contributed by atoms with Crippen LogP contribution in [0, 0.1) is 18.3 Å². The molecule has 0 aromatic carbocycles. The van der Waals surface area contributed by atoms with Gasteiger partial charge < -0.3 is 5.11 Å². The van der Waals surface area contributed by atoms with Crippen LogP contribution in [0.3, 0.4) is 0 Å². The van der Waals surface area contributed by atoms with Gasteiger partial charge in [0.05, 0.1) is 11.3 Å². The van der Waals surface area contributed by atoms with Gasteiger partial charge in [-0.25, -0.2) is 9.78 Å². The van der Waals surface area contributed by atoms with Crippen molar-refractivity contribution in [1.82, 2.24) is 4.98 Å². The van der Waals surface area contributed by atoms with Crippen LogP contribution in [0.25, 0.3) is 0 Å². The molecule has 0 saturated carbocycles. The lowest BCUT2D eigenvalue weighted by Crippen LogP contribution is -2.02. The summed E-state index contributed by atoms with van der Waals surface area (Å²) in [5.74, 6) is -1.02. The van der Waals surface area contributed by atoms with Crippen molar-refractivity contribution in [3.05, 3.63) is 29.1 Å². The zero-order chi connectivity index (χ0) is 9.14. The maximum Gasteiger partial charge on any atom is 0.337 e. The Morgan fingerprint density at radius 3 is 2.75 bits per heavy atom. The van der Waals surface area contributed by atoms with Crippen molar-refractivity contribution in [3.63, 3.8) is 0 Å². The van der Waals surface area contributed by atoms with Crippen molar-refractivity contribution in [3.8, 4) is 6.07 Å². The van der Waals surface area contributed by atoms with Crippen LogP contribution >= 0.6 is 0 Å². The number of aromatic carboxylic acids is 1. The lowest BCUT2D eigenvalue weighted by atomic mass is 10.2. The van der Waals surface area contributed by atoms with Gasteiger partial charge in [0.2, 0.25) is 0 Å². The van der Waals surface area contributed by atoms with E-state index < -0.39 is 5.97 Å². The molecule has 0 saturated heterocycles. The summed E-state index contributed by atoms with van der Waals surface area (Å²) in [6.45, 7) is 1.56. The van der Waals surface area contributed by atoms with Crippen LogP contribution in [-0.2, 0) is 0 Å². The van der Waals surface area contributed by atoms with Crippen molar-refractivity contribution in [2.24, 2.45) is 0 Å². The molecule has 0 radical (unpaired) electrons. The SMILES string of the molecule is Cc1nc(C#N)ccc1C(=O)O. The second kappa shape index (κ2) is 3.01. The van der Waals surface area contributed by atoms with Gasteiger partial charge in [-0.2, -0.15) is 5.26 Å². The highest BCUT2D eigenvalue weighted by Gasteiger charge is 2.07. The zero-order valence-corrected chi connectivity index (χ0v) is 6.40. The van der Waals surface area contributed by atoms with Gasteiger partial charge >= 0.3 is 5.97 Å². The molecule has 0 aliphatic rings. The van der Waals surface area contributed by atoms with E-state index in [0.29, 0.717) is 5.69 Å². The molecule has 0 spiro atoms. The van der Waals surface area contributed by atoms with Gasteiger partial charge in [0.1, 0.15) is 11.8 Å². The van der Waals surface area contributed by atoms with Gasteiger partial charge in [0.25, 0.3) is 0 Å². The summed E-state index contributed by atoms with van der Waals surface area (Å²) in [7, 11) is 0. The Kier molecular flexibility index (Phi) is 2.06. The number of hydrogen-bond donors (Lipinski definition) is 1. The van der Waals surface area contributed by atoms with Crippen LogP contribution in [0.2, 0.25) is 0 Å². The zero-order valence-electron chi connectivity index (χ0n) is 6.40. The molecule has 12 heavy (non-hydrogen) atoms. The largest absolute Gasteiger partial charge is 0.478 e. The van der Waals surface area contributed by atoms with Crippen LogP contribution in [0.5, 0.6) is 0 Å². The Hall–Kier alpha value is -1.89. The third-order valence-electron chi connectivity index (χ3n) is 1.43. The van der Waals surface area contributed by atoms with Crippen LogP contribution in [-0.4, -0.2) is 16.1 Å². The molecular formula is C8H6N2O2. The molecule has 0 unspecified atom stereocenters. The molecular weight excluding hydrogens is 156 g/mol. The Morgan fingerprint density at radius 1 is 1.67 bits per heavy atom. The number of carbonyl (C=O) groups is 1. The molecule has 0 fully saturated rings. The molecule has 0 atom stereocenters. The minimum Gasteiger partial charge on any atom is -0.478 e. The number of carboxylic acids is 1. The molecule has 4 nitrogen and oxygen atoms in total. The van der Waals surface area contributed by atoms with E-state index in [0.717, 1.165) is 0 Å². The minimum absolute atomic E-state index is 0.133. The van der Waals surface area contributed by atoms with E-state index in [4.69, 9.17) is 10.4 Å². The summed E-state index contributed by atoms with van der Waals surface area (Å²) in [6.07, 6.45) is 0. The highest BCUT2D eigenvalue weighted by Crippen LogP contribution is 2.05. The van der Waals surface area contributed by atoms with E-state index in [-0.39, 0.29) is 11.3 Å². The average molecular weight is 162 g/mol. The van der Waals surface area contributed by atoms with Crippen LogP contribution in [0.4, 0.5) is 0 Å². The molecule has 1 rings (SSSR count). The summed E-state index contributed by atoms with van der Waals surface area (Å²) in [4.78, 5) is 14.3. The number of pyridine rings is 1. The normalized spacial score (nSPS) is 9.00. The summed E-state index contributed by atoms with van der Waals surface area (Å²) in [5, 5.41) is 17.0. The summed E-state index contributed by atoms with van der Waals surface area (Å²) < 4.78 is 0. The van der Waals surface area contributed by atoms with E-state index in [9.17, 15) is 4.79 Å². The molecule has 1 heterocycles. The average Bonchev–Trinajstić information content (AvgIpc) is 2.03. The molecule has 0 bridgehead atoms. The number of nitriles is 1. The smallest absolute Gasteiger partial charge is 0.337 e. The van der Waals surface area contributed by atoms with Crippen LogP contribution in [0.15, 0.2) is 12.1 Å². The fraction of sp³-hybridized carbons (Fsp3) is 0.125. The number of hydrogen-bond acceptors (Lipinski definition) is 3. The fourth-order valence-corrected chi connectivity index (χ4v) is 0.849. The van der Waals surface area contributed by atoms with Gasteiger partial charge in [0.15, 0.2) is 0 Å². The first kappa shape index (κ1) is 8.21. The van der Waals surface area contributed by atoms with Gasteiger partial charge in [-0.1, -0.05) is 0 Å². The van der Waals surface area contributed by atoms with Crippen molar-refractivity contribution >= 4 is 5.97 Å². The van der Waals surface area contributed by atoms with Gasteiger partial charge in [-0.15, -0.1) is 0 Å². The third kappa shape index (κ3) is 1.40. The molecule has 0 aliphatic heterocycles. The van der Waals surface area contributed by atoms with Crippen LogP contribution in [0.1, 0.15) is 21.7 Å². The van der Waals surface area contributed by atoms with E-state index >= 15 is 0 Å². The lowest BCUT2D eigenvalue weighted by molar-refractivity contribution is 0.0695. The number of rotatable bonds is 1. The van der Waals surface area contributed by atoms with E-state index in [1.807, 2.05) is 6.07 Å². The maximum absolute atomic E-state index is 10.5. The van der Waals surface area contributed by atoms with Crippen molar-refractivity contribution in [1.29, 1.82) is 5.26 Å². The maximum atomic E-state index is 10.5. The Morgan fingerprint density at radius 2 is 2.33 bits per heavy atom. The molecule has 0 aliphatic carbocycles. The van der Waals surface area contributed by atoms with Crippen molar-refractivity contribution in [2.75, 3.05) is 0 Å². The molecule has 4 heteroatoms. The van der Waals surface area contributed by atoms with Gasteiger partial charge in [-0.05, 0) is 19.1 Å². The molecule has 1 aromatic heterocycles. The van der Waals surface area contributed by atoms with Crippen molar-refractivity contribution in [2.45, 2.75) is 6.92 Å². The monoisotopic (exact) mass is 162 g/mol. The van der Waals surface area contributed by atoms with Crippen molar-refractivity contribution < 1.29 is 9.90 Å². The van der Waals surface area contributed by atoms with Crippen LogP contribution < -0.4 is 0 Å². The van der Waals surface area contributed by atoms with Gasteiger partial charge in [0, 0.05) is 0 Å².